The van der Waals surface area contributed by atoms with Gasteiger partial charge in [0.15, 0.2) is 17.5 Å². The molecule has 0 N–H and O–H groups in total. The molecule has 9 rings (SSSR count). The Kier molecular flexibility index (Phi) is 5.74. The van der Waals surface area contributed by atoms with Crippen molar-refractivity contribution in [1.82, 2.24) is 15.0 Å². The highest BCUT2D eigenvalue weighted by atomic mass is 35.5. The van der Waals surface area contributed by atoms with E-state index in [1.54, 1.807) is 0 Å². The number of ether oxygens (including phenoxy) is 1. The Hall–Kier alpha value is -5.58. The third-order valence-corrected chi connectivity index (χ3v) is 9.10. The van der Waals surface area contributed by atoms with Crippen molar-refractivity contribution >= 4 is 11.6 Å². The second-order valence-electron chi connectivity index (χ2n) is 11.3. The van der Waals surface area contributed by atoms with Crippen molar-refractivity contribution in [1.29, 1.82) is 0 Å². The van der Waals surface area contributed by atoms with Gasteiger partial charge in [-0.2, -0.15) is 0 Å². The lowest BCUT2D eigenvalue weighted by atomic mass is 9.66. The zero-order valence-electron chi connectivity index (χ0n) is 24.0. The van der Waals surface area contributed by atoms with Gasteiger partial charge in [-0.25, -0.2) is 15.0 Å². The molecule has 0 radical (unpaired) electrons. The van der Waals surface area contributed by atoms with Gasteiger partial charge in [-0.3, -0.25) is 0 Å². The van der Waals surface area contributed by atoms with Crippen LogP contribution in [0.3, 0.4) is 0 Å². The number of benzene rings is 6. The quantitative estimate of drug-likeness (QED) is 0.203. The molecule has 6 aromatic carbocycles. The first-order valence-electron chi connectivity index (χ1n) is 14.9. The number of hydrogen-bond acceptors (Lipinski definition) is 4. The minimum Gasteiger partial charge on any atom is -0.457 e. The molecule has 1 aliphatic carbocycles. The van der Waals surface area contributed by atoms with Gasteiger partial charge in [0.05, 0.1) is 5.41 Å². The molecule has 1 aromatic heterocycles. The number of hydrogen-bond donors (Lipinski definition) is 0. The summed E-state index contributed by atoms with van der Waals surface area (Å²) >= 11 is 6.76. The summed E-state index contributed by atoms with van der Waals surface area (Å²) in [6.45, 7) is 0. The molecule has 2 aliphatic rings. The van der Waals surface area contributed by atoms with Gasteiger partial charge in [0.1, 0.15) is 11.5 Å². The minimum atomic E-state index is -0.617. The molecule has 0 unspecified atom stereocenters. The van der Waals surface area contributed by atoms with Crippen LogP contribution in [-0.2, 0) is 5.41 Å². The fraction of sp³-hybridized carbons (Fsp3) is 0.0250. The van der Waals surface area contributed by atoms with E-state index in [4.69, 9.17) is 31.3 Å². The van der Waals surface area contributed by atoms with Gasteiger partial charge in [0, 0.05) is 32.8 Å². The van der Waals surface area contributed by atoms with Crippen LogP contribution in [0.4, 0.5) is 0 Å². The predicted octanol–water partition coefficient (Wildman–Crippen LogP) is 9.99. The van der Waals surface area contributed by atoms with Gasteiger partial charge in [-0.15, -0.1) is 0 Å². The molecule has 1 aliphatic heterocycles. The third kappa shape index (κ3) is 3.83. The van der Waals surface area contributed by atoms with Crippen LogP contribution < -0.4 is 4.74 Å². The Bertz CT molecular complexity index is 2160. The van der Waals surface area contributed by atoms with Crippen molar-refractivity contribution in [3.8, 4) is 56.8 Å². The van der Waals surface area contributed by atoms with Crippen LogP contribution >= 0.6 is 11.6 Å². The molecular weight excluding hydrogens is 574 g/mol. The summed E-state index contributed by atoms with van der Waals surface area (Å²) in [5, 5.41) is 0.672. The van der Waals surface area contributed by atoms with Crippen LogP contribution in [0.5, 0.6) is 11.5 Å². The van der Waals surface area contributed by atoms with Crippen LogP contribution in [0.25, 0.3) is 45.3 Å². The van der Waals surface area contributed by atoms with E-state index in [-0.39, 0.29) is 0 Å². The highest BCUT2D eigenvalue weighted by Gasteiger charge is 2.51. The first kappa shape index (κ1) is 25.9. The van der Waals surface area contributed by atoms with E-state index in [2.05, 4.69) is 66.7 Å². The predicted molar refractivity (Wildman–Crippen MR) is 179 cm³/mol. The highest BCUT2D eigenvalue weighted by Crippen LogP contribution is 2.63. The number of para-hydroxylation sites is 2. The monoisotopic (exact) mass is 597 g/mol. The Morgan fingerprint density at radius 3 is 1.60 bits per heavy atom. The van der Waals surface area contributed by atoms with Crippen LogP contribution in [0.2, 0.25) is 5.02 Å². The molecule has 0 atom stereocenters. The minimum absolute atomic E-state index is 0.608. The van der Waals surface area contributed by atoms with Crippen LogP contribution in [0.1, 0.15) is 22.3 Å². The van der Waals surface area contributed by atoms with E-state index in [0.717, 1.165) is 61.6 Å². The zero-order valence-corrected chi connectivity index (χ0v) is 24.7. The Morgan fingerprint density at radius 1 is 0.444 bits per heavy atom. The second-order valence-corrected chi connectivity index (χ2v) is 11.7. The number of nitrogens with zero attached hydrogens (tertiary/aromatic N) is 3. The SMILES string of the molecule is Clc1ccc2c(c1)-c1c(-c3nc(-c4ccccc4)nc(-c4ccccc4)n3)cccc1C21c2ccccc2Oc2ccccc21. The molecule has 0 amide bonds. The van der Waals surface area contributed by atoms with Gasteiger partial charge in [0.25, 0.3) is 0 Å². The molecule has 0 saturated heterocycles. The van der Waals surface area contributed by atoms with E-state index >= 15 is 0 Å². The molecule has 0 saturated carbocycles. The summed E-state index contributed by atoms with van der Waals surface area (Å²) < 4.78 is 6.50. The summed E-state index contributed by atoms with van der Waals surface area (Å²) in [6.07, 6.45) is 0. The lowest BCUT2D eigenvalue weighted by Gasteiger charge is -2.39. The van der Waals surface area contributed by atoms with E-state index in [1.807, 2.05) is 78.9 Å². The summed E-state index contributed by atoms with van der Waals surface area (Å²) in [7, 11) is 0. The van der Waals surface area contributed by atoms with Crippen molar-refractivity contribution in [3.63, 3.8) is 0 Å². The molecule has 212 valence electrons. The first-order valence-corrected chi connectivity index (χ1v) is 15.3. The van der Waals surface area contributed by atoms with Crippen LogP contribution in [-0.4, -0.2) is 15.0 Å². The fourth-order valence-corrected chi connectivity index (χ4v) is 7.21. The summed E-state index contributed by atoms with van der Waals surface area (Å²) in [5.41, 5.74) is 8.76. The maximum absolute atomic E-state index is 6.76. The number of halogens is 1. The van der Waals surface area contributed by atoms with E-state index in [9.17, 15) is 0 Å². The summed E-state index contributed by atoms with van der Waals surface area (Å²) in [6, 6.07) is 49.5. The summed E-state index contributed by atoms with van der Waals surface area (Å²) in [5.74, 6) is 3.54. The highest BCUT2D eigenvalue weighted by molar-refractivity contribution is 6.31. The Labute approximate surface area is 265 Å². The molecule has 0 fully saturated rings. The average Bonchev–Trinajstić information content (AvgIpc) is 3.39. The van der Waals surface area contributed by atoms with E-state index < -0.39 is 5.41 Å². The second kappa shape index (κ2) is 9.98. The lowest BCUT2D eigenvalue weighted by molar-refractivity contribution is 0.436. The molecule has 5 heteroatoms. The van der Waals surface area contributed by atoms with Crippen LogP contribution in [0.15, 0.2) is 146 Å². The molecular formula is C40H24ClN3O. The topological polar surface area (TPSA) is 47.9 Å². The maximum atomic E-state index is 6.76. The molecule has 7 aromatic rings. The van der Waals surface area contributed by atoms with E-state index in [0.29, 0.717) is 22.5 Å². The van der Waals surface area contributed by atoms with Crippen molar-refractivity contribution in [2.75, 3.05) is 0 Å². The van der Waals surface area contributed by atoms with Gasteiger partial charge >= 0.3 is 0 Å². The largest absolute Gasteiger partial charge is 0.457 e. The van der Waals surface area contributed by atoms with Crippen molar-refractivity contribution < 1.29 is 4.74 Å². The van der Waals surface area contributed by atoms with Crippen molar-refractivity contribution in [2.24, 2.45) is 0 Å². The lowest BCUT2D eigenvalue weighted by Crippen LogP contribution is -2.32. The number of fused-ring (bicyclic) bond motifs is 9. The number of rotatable bonds is 3. The molecule has 0 bridgehead atoms. The van der Waals surface area contributed by atoms with Crippen LogP contribution in [0, 0.1) is 0 Å². The van der Waals surface area contributed by atoms with Gasteiger partial charge in [-0.05, 0) is 46.5 Å². The Morgan fingerprint density at radius 2 is 0.978 bits per heavy atom. The van der Waals surface area contributed by atoms with Gasteiger partial charge < -0.3 is 4.74 Å². The third-order valence-electron chi connectivity index (χ3n) is 8.87. The molecule has 1 spiro atoms. The molecule has 2 heterocycles. The zero-order chi connectivity index (χ0) is 30.0. The fourth-order valence-electron chi connectivity index (χ4n) is 7.04. The van der Waals surface area contributed by atoms with Crippen molar-refractivity contribution in [3.05, 3.63) is 173 Å². The van der Waals surface area contributed by atoms with Gasteiger partial charge in [0.2, 0.25) is 0 Å². The first-order chi connectivity index (χ1) is 22.2. The van der Waals surface area contributed by atoms with Crippen molar-refractivity contribution in [2.45, 2.75) is 5.41 Å². The molecule has 45 heavy (non-hydrogen) atoms. The standard InChI is InChI=1S/C40H24ClN3O/c41-27-22-23-30-29(24-27)36-28(39-43-37(25-12-3-1-4-13-25)42-38(44-39)26-14-5-2-6-15-26)16-11-19-33(36)40(30)31-17-7-9-20-34(31)45-35-21-10-8-18-32(35)40/h1-24H. The average molecular weight is 598 g/mol. The molecule has 4 nitrogen and oxygen atoms in total. The smallest absolute Gasteiger partial charge is 0.164 e. The maximum Gasteiger partial charge on any atom is 0.164 e. The van der Waals surface area contributed by atoms with Gasteiger partial charge in [-0.1, -0.05) is 133 Å². The normalized spacial score (nSPS) is 13.4. The number of aromatic nitrogens is 3. The summed E-state index contributed by atoms with van der Waals surface area (Å²) in [4.78, 5) is 15.2. The Balaban J connectivity index is 1.38. The van der Waals surface area contributed by atoms with E-state index in [1.165, 1.54) is 0 Å².